The van der Waals surface area contributed by atoms with Gasteiger partial charge in [0.25, 0.3) is 0 Å². The molecule has 1 aliphatic carbocycles. The van der Waals surface area contributed by atoms with Crippen LogP contribution in [0.15, 0.2) is 231 Å². The minimum Gasteiger partial charge on any atom is -0.310 e. The Balaban J connectivity index is 1.16. The first kappa shape index (κ1) is 42.4. The van der Waals surface area contributed by atoms with Gasteiger partial charge in [-0.15, -0.1) is 0 Å². The van der Waals surface area contributed by atoms with Gasteiger partial charge in [-0.3, -0.25) is 0 Å². The second kappa shape index (κ2) is 16.6. The van der Waals surface area contributed by atoms with E-state index in [4.69, 9.17) is 0 Å². The van der Waals surface area contributed by atoms with Crippen LogP contribution < -0.4 is 9.80 Å². The molecule has 0 saturated carbocycles. The van der Waals surface area contributed by atoms with E-state index in [9.17, 15) is 0 Å². The van der Waals surface area contributed by atoms with E-state index in [0.29, 0.717) is 0 Å². The number of fused-ring (bicyclic) bond motifs is 7. The number of nitrogens with zero attached hydrogens (tertiary/aromatic N) is 2. The third-order valence-electron chi connectivity index (χ3n) is 14.3. The van der Waals surface area contributed by atoms with Crippen molar-refractivity contribution in [3.63, 3.8) is 0 Å². The molecule has 0 heterocycles. The van der Waals surface area contributed by atoms with Gasteiger partial charge in [0.2, 0.25) is 0 Å². The van der Waals surface area contributed by atoms with Gasteiger partial charge in [0, 0.05) is 38.5 Å². The standard InChI is InChI=1S/C63H56N2Si2/c1-66(2,3)63(67(4,5)6)59-44-60(65(51-31-17-10-18-32-51)53-34-22-28-48(42-53)46-25-13-8-14-26-46)56-35-19-20-36-57(56)61(59)58-39-37-49-43-54(38-40-55(49)62(58)63)64(50-29-15-9-16-30-50)52-33-21-27-47(41-52)45-23-11-7-12-24-45/h7-44H,1-6H3. The molecule has 4 heteroatoms. The first-order valence-electron chi connectivity index (χ1n) is 23.7. The molecule has 0 atom stereocenters. The first-order valence-corrected chi connectivity index (χ1v) is 30.7. The lowest BCUT2D eigenvalue weighted by Gasteiger charge is -2.52. The largest absolute Gasteiger partial charge is 0.310 e. The monoisotopic (exact) mass is 896 g/mol. The predicted octanol–water partition coefficient (Wildman–Crippen LogP) is 18.3. The number of para-hydroxylation sites is 2. The van der Waals surface area contributed by atoms with Crippen molar-refractivity contribution in [2.45, 2.75) is 43.9 Å². The summed E-state index contributed by atoms with van der Waals surface area (Å²) in [7, 11) is -4.27. The average molecular weight is 897 g/mol. The van der Waals surface area contributed by atoms with E-state index in [1.165, 1.54) is 66.2 Å². The Hall–Kier alpha value is -7.25. The molecule has 2 nitrogen and oxygen atoms in total. The lowest BCUT2D eigenvalue weighted by Crippen LogP contribution is -2.63. The van der Waals surface area contributed by atoms with Crippen LogP contribution in [0.2, 0.25) is 39.3 Å². The van der Waals surface area contributed by atoms with E-state index in [-0.39, 0.29) is 4.66 Å². The number of anilines is 6. The van der Waals surface area contributed by atoms with Crippen LogP contribution in [0.25, 0.3) is 54.9 Å². The predicted molar refractivity (Wildman–Crippen MR) is 295 cm³/mol. The highest BCUT2D eigenvalue weighted by Gasteiger charge is 2.60. The molecule has 0 N–H and O–H groups in total. The van der Waals surface area contributed by atoms with Gasteiger partial charge < -0.3 is 9.80 Å². The van der Waals surface area contributed by atoms with Gasteiger partial charge in [0.05, 0.1) is 21.8 Å². The third kappa shape index (κ3) is 7.06. The molecule has 0 aliphatic heterocycles. The molecule has 1 aliphatic rings. The van der Waals surface area contributed by atoms with Crippen molar-refractivity contribution in [2.75, 3.05) is 9.80 Å². The smallest absolute Gasteiger partial charge is 0.0579 e. The quantitative estimate of drug-likeness (QED) is 0.126. The molecule has 0 spiro atoms. The Bertz CT molecular complexity index is 3410. The molecule has 0 unspecified atom stereocenters. The summed E-state index contributed by atoms with van der Waals surface area (Å²) in [6, 6.07) is 85.4. The van der Waals surface area contributed by atoms with E-state index in [1.807, 2.05) is 0 Å². The highest BCUT2D eigenvalue weighted by Crippen LogP contribution is 2.62. The van der Waals surface area contributed by atoms with Crippen LogP contribution in [-0.2, 0) is 4.66 Å². The third-order valence-corrected chi connectivity index (χ3v) is 24.3. The molecule has 0 fully saturated rings. The summed E-state index contributed by atoms with van der Waals surface area (Å²) in [5.41, 5.74) is 17.6. The molecular formula is C63H56N2Si2. The summed E-state index contributed by atoms with van der Waals surface area (Å²) in [5, 5.41) is 5.22. The van der Waals surface area contributed by atoms with Crippen molar-refractivity contribution in [1.29, 1.82) is 0 Å². The number of hydrogen-bond acceptors (Lipinski definition) is 2. The second-order valence-electron chi connectivity index (χ2n) is 20.2. The molecule has 10 aromatic rings. The molecule has 326 valence electrons. The van der Waals surface area contributed by atoms with Crippen LogP contribution in [0.1, 0.15) is 11.1 Å². The zero-order valence-corrected chi connectivity index (χ0v) is 41.3. The lowest BCUT2D eigenvalue weighted by molar-refractivity contribution is 0.962. The molecule has 0 radical (unpaired) electrons. The van der Waals surface area contributed by atoms with Crippen molar-refractivity contribution in [2.24, 2.45) is 0 Å². The van der Waals surface area contributed by atoms with E-state index >= 15 is 0 Å². The van der Waals surface area contributed by atoms with E-state index in [1.54, 1.807) is 5.56 Å². The molecule has 0 aromatic heterocycles. The molecule has 67 heavy (non-hydrogen) atoms. The van der Waals surface area contributed by atoms with Gasteiger partial charge >= 0.3 is 0 Å². The molecule has 0 saturated heterocycles. The van der Waals surface area contributed by atoms with Crippen molar-refractivity contribution in [3.05, 3.63) is 242 Å². The summed E-state index contributed by atoms with van der Waals surface area (Å²) in [5.74, 6) is 0. The van der Waals surface area contributed by atoms with Crippen LogP contribution in [0.5, 0.6) is 0 Å². The first-order chi connectivity index (χ1) is 32.5. The maximum atomic E-state index is 2.65. The van der Waals surface area contributed by atoms with E-state index < -0.39 is 16.1 Å². The van der Waals surface area contributed by atoms with Crippen LogP contribution in [-0.4, -0.2) is 16.1 Å². The Morgan fingerprint density at radius 3 is 1.33 bits per heavy atom. The van der Waals surface area contributed by atoms with Crippen molar-refractivity contribution in [1.82, 2.24) is 0 Å². The molecule has 10 aromatic carbocycles. The van der Waals surface area contributed by atoms with Gasteiger partial charge in [-0.25, -0.2) is 0 Å². The normalized spacial score (nSPS) is 13.0. The molecular weight excluding hydrogens is 841 g/mol. The minimum atomic E-state index is -2.13. The maximum absolute atomic E-state index is 2.65. The van der Waals surface area contributed by atoms with Crippen LogP contribution in [0, 0.1) is 0 Å². The lowest BCUT2D eigenvalue weighted by atomic mass is 9.94. The second-order valence-corrected chi connectivity index (χ2v) is 31.2. The molecule has 11 rings (SSSR count). The Labute approximate surface area is 398 Å². The number of rotatable bonds is 10. The Kier molecular flexibility index (Phi) is 10.5. The fourth-order valence-corrected chi connectivity index (χ4v) is 25.0. The highest BCUT2D eigenvalue weighted by molar-refractivity contribution is 7.00. The van der Waals surface area contributed by atoms with Crippen LogP contribution in [0.4, 0.5) is 34.1 Å². The molecule has 0 bridgehead atoms. The summed E-state index contributed by atoms with van der Waals surface area (Å²) in [6.07, 6.45) is 0. The SMILES string of the molecule is C[Si](C)(C)C1([Si](C)(C)C)c2cc(N(c3ccccc3)c3cccc(-c4ccccc4)c3)c3ccccc3c2-c2ccc3cc(N(c4ccccc4)c4cccc(-c5ccccc5)c4)ccc3c21. The maximum Gasteiger partial charge on any atom is 0.0579 e. The highest BCUT2D eigenvalue weighted by atomic mass is 28.4. The fraction of sp³-hybridized carbons (Fsp3) is 0.111. The zero-order valence-electron chi connectivity index (χ0n) is 39.3. The average Bonchev–Trinajstić information content (AvgIpc) is 3.68. The summed E-state index contributed by atoms with van der Waals surface area (Å²) < 4.78 is -0.123. The van der Waals surface area contributed by atoms with Gasteiger partial charge in [-0.05, 0) is 127 Å². The van der Waals surface area contributed by atoms with Gasteiger partial charge in [-0.1, -0.05) is 203 Å². The van der Waals surface area contributed by atoms with E-state index in [2.05, 4.69) is 280 Å². The molecule has 0 amide bonds. The summed E-state index contributed by atoms with van der Waals surface area (Å²) >= 11 is 0. The summed E-state index contributed by atoms with van der Waals surface area (Å²) in [6.45, 7) is 15.8. The van der Waals surface area contributed by atoms with Gasteiger partial charge in [0.1, 0.15) is 0 Å². The fourth-order valence-electron chi connectivity index (χ4n) is 12.0. The van der Waals surface area contributed by atoms with Gasteiger partial charge in [0.15, 0.2) is 0 Å². The number of benzene rings is 10. The minimum absolute atomic E-state index is 0.123. The zero-order chi connectivity index (χ0) is 45.9. The topological polar surface area (TPSA) is 6.48 Å². The Morgan fingerprint density at radius 2 is 0.776 bits per heavy atom. The van der Waals surface area contributed by atoms with Crippen LogP contribution >= 0.6 is 0 Å². The summed E-state index contributed by atoms with van der Waals surface area (Å²) in [4.78, 5) is 4.94. The Morgan fingerprint density at radius 1 is 0.328 bits per heavy atom. The van der Waals surface area contributed by atoms with Crippen molar-refractivity contribution < 1.29 is 0 Å². The number of hydrogen-bond donors (Lipinski definition) is 0. The van der Waals surface area contributed by atoms with Crippen LogP contribution in [0.3, 0.4) is 0 Å². The van der Waals surface area contributed by atoms with Gasteiger partial charge in [-0.2, -0.15) is 0 Å². The van der Waals surface area contributed by atoms with E-state index in [0.717, 1.165) is 28.4 Å². The van der Waals surface area contributed by atoms with Crippen molar-refractivity contribution in [3.8, 4) is 33.4 Å². The van der Waals surface area contributed by atoms with Crippen molar-refractivity contribution >= 4 is 71.8 Å².